The van der Waals surface area contributed by atoms with Crippen LogP contribution in [0.25, 0.3) is 0 Å². The van der Waals surface area contributed by atoms with E-state index in [1.165, 1.54) is 6.42 Å². The molecule has 0 spiro atoms. The third-order valence-corrected chi connectivity index (χ3v) is 4.00. The Morgan fingerprint density at radius 3 is 2.39 bits per heavy atom. The molecule has 0 saturated heterocycles. The van der Waals surface area contributed by atoms with Gasteiger partial charge < -0.3 is 10.8 Å². The number of benzene rings is 1. The molecule has 2 rings (SSSR count). The lowest BCUT2D eigenvalue weighted by Crippen LogP contribution is -2.40. The van der Waals surface area contributed by atoms with Crippen LogP contribution in [0.2, 0.25) is 0 Å². The van der Waals surface area contributed by atoms with Gasteiger partial charge in [-0.3, -0.25) is 4.79 Å². The molecule has 1 aromatic carbocycles. The topological polar surface area (TPSA) is 63.3 Å². The molecule has 1 aliphatic carbocycles. The summed E-state index contributed by atoms with van der Waals surface area (Å²) in [5, 5.41) is 11.0. The van der Waals surface area contributed by atoms with Crippen LogP contribution in [-0.4, -0.2) is 11.0 Å². The van der Waals surface area contributed by atoms with Crippen LogP contribution in [0.15, 0.2) is 30.3 Å². The molecule has 98 valence electrons. The number of rotatable bonds is 4. The smallest absolute Gasteiger partial charge is 0.220 e. The minimum absolute atomic E-state index is 0.0156. The van der Waals surface area contributed by atoms with E-state index >= 15 is 0 Å². The predicted octanol–water partition coefficient (Wildman–Crippen LogP) is 2.33. The third kappa shape index (κ3) is 2.72. The van der Waals surface area contributed by atoms with E-state index in [4.69, 9.17) is 5.73 Å². The zero-order valence-corrected chi connectivity index (χ0v) is 10.6. The molecule has 1 saturated carbocycles. The van der Waals surface area contributed by atoms with Crippen molar-refractivity contribution >= 4 is 5.91 Å². The van der Waals surface area contributed by atoms with Crippen molar-refractivity contribution in [2.75, 3.05) is 0 Å². The van der Waals surface area contributed by atoms with E-state index in [0.29, 0.717) is 0 Å². The molecule has 0 bridgehead atoms. The first-order chi connectivity index (χ1) is 8.63. The average molecular weight is 247 g/mol. The highest BCUT2D eigenvalue weighted by Gasteiger charge is 2.40. The fourth-order valence-corrected chi connectivity index (χ4v) is 3.05. The molecular weight excluding hydrogens is 226 g/mol. The Hall–Kier alpha value is -1.35. The van der Waals surface area contributed by atoms with Crippen LogP contribution in [0, 0.1) is 5.92 Å². The second-order valence-corrected chi connectivity index (χ2v) is 5.27. The summed E-state index contributed by atoms with van der Waals surface area (Å²) in [5.74, 6) is -0.298. The molecule has 3 heteroatoms. The standard InChI is InChI=1S/C15H21NO2/c16-14(17)11-15(18,12-7-3-1-4-8-12)13-9-5-2-6-10-13/h1,3-4,7-8,13,18H,2,5-6,9-11H2,(H2,16,17). The van der Waals surface area contributed by atoms with Gasteiger partial charge in [-0.1, -0.05) is 49.6 Å². The second kappa shape index (κ2) is 5.53. The van der Waals surface area contributed by atoms with Crippen molar-refractivity contribution in [1.82, 2.24) is 0 Å². The molecular formula is C15H21NO2. The Morgan fingerprint density at radius 2 is 1.83 bits per heavy atom. The van der Waals surface area contributed by atoms with Gasteiger partial charge in [-0.15, -0.1) is 0 Å². The van der Waals surface area contributed by atoms with Crippen LogP contribution in [0.3, 0.4) is 0 Å². The molecule has 0 heterocycles. The summed E-state index contributed by atoms with van der Waals surface area (Å²) in [7, 11) is 0. The summed E-state index contributed by atoms with van der Waals surface area (Å²) in [5.41, 5.74) is 5.05. The molecule has 1 fully saturated rings. The molecule has 1 aliphatic rings. The SMILES string of the molecule is NC(=O)CC(O)(c1ccccc1)C1CCCCC1. The van der Waals surface area contributed by atoms with E-state index in [1.54, 1.807) is 0 Å². The summed E-state index contributed by atoms with van der Waals surface area (Å²) in [6, 6.07) is 9.47. The Balaban J connectivity index is 2.30. The van der Waals surface area contributed by atoms with Gasteiger partial charge in [0.15, 0.2) is 0 Å². The Bertz CT molecular complexity index is 398. The first-order valence-corrected chi connectivity index (χ1v) is 6.69. The van der Waals surface area contributed by atoms with Crippen LogP contribution < -0.4 is 5.73 Å². The van der Waals surface area contributed by atoms with Crippen molar-refractivity contribution in [1.29, 1.82) is 0 Å². The van der Waals surface area contributed by atoms with E-state index in [0.717, 1.165) is 31.2 Å². The third-order valence-electron chi connectivity index (χ3n) is 4.00. The largest absolute Gasteiger partial charge is 0.384 e. The Kier molecular flexibility index (Phi) is 4.02. The van der Waals surface area contributed by atoms with Crippen molar-refractivity contribution in [3.63, 3.8) is 0 Å². The molecule has 0 aromatic heterocycles. The summed E-state index contributed by atoms with van der Waals surface area (Å²) in [6.45, 7) is 0. The molecule has 1 unspecified atom stereocenters. The van der Waals surface area contributed by atoms with Gasteiger partial charge in [0.1, 0.15) is 5.60 Å². The molecule has 1 amide bonds. The average Bonchev–Trinajstić information content (AvgIpc) is 2.40. The molecule has 18 heavy (non-hydrogen) atoms. The monoisotopic (exact) mass is 247 g/mol. The molecule has 1 aromatic rings. The highest BCUT2D eigenvalue weighted by Crippen LogP contribution is 2.41. The van der Waals surface area contributed by atoms with E-state index in [1.807, 2.05) is 30.3 Å². The molecule has 3 nitrogen and oxygen atoms in total. The van der Waals surface area contributed by atoms with Crippen LogP contribution in [-0.2, 0) is 10.4 Å². The number of hydrogen-bond donors (Lipinski definition) is 2. The molecule has 0 aliphatic heterocycles. The quantitative estimate of drug-likeness (QED) is 0.857. The van der Waals surface area contributed by atoms with Crippen molar-refractivity contribution in [3.8, 4) is 0 Å². The minimum Gasteiger partial charge on any atom is -0.384 e. The molecule has 1 atom stereocenters. The van der Waals surface area contributed by atoms with E-state index < -0.39 is 11.5 Å². The highest BCUT2D eigenvalue weighted by atomic mass is 16.3. The van der Waals surface area contributed by atoms with E-state index in [-0.39, 0.29) is 12.3 Å². The van der Waals surface area contributed by atoms with Crippen molar-refractivity contribution in [2.45, 2.75) is 44.1 Å². The number of aliphatic hydroxyl groups is 1. The normalized spacial score (nSPS) is 20.3. The second-order valence-electron chi connectivity index (χ2n) is 5.27. The van der Waals surface area contributed by atoms with Crippen molar-refractivity contribution in [2.24, 2.45) is 11.7 Å². The van der Waals surface area contributed by atoms with E-state index in [9.17, 15) is 9.90 Å². The van der Waals surface area contributed by atoms with Gasteiger partial charge >= 0.3 is 0 Å². The van der Waals surface area contributed by atoms with Crippen molar-refractivity contribution < 1.29 is 9.90 Å². The maximum atomic E-state index is 11.3. The Labute approximate surface area is 108 Å². The number of hydrogen-bond acceptors (Lipinski definition) is 2. The summed E-state index contributed by atoms with van der Waals surface area (Å²) >= 11 is 0. The lowest BCUT2D eigenvalue weighted by molar-refractivity contribution is -0.127. The number of primary amides is 1. The van der Waals surface area contributed by atoms with Crippen LogP contribution in [0.5, 0.6) is 0 Å². The van der Waals surface area contributed by atoms with Gasteiger partial charge in [0, 0.05) is 0 Å². The number of carbonyl (C=O) groups is 1. The van der Waals surface area contributed by atoms with Crippen LogP contribution in [0.1, 0.15) is 44.1 Å². The fraction of sp³-hybridized carbons (Fsp3) is 0.533. The van der Waals surface area contributed by atoms with Crippen LogP contribution >= 0.6 is 0 Å². The zero-order chi connectivity index (χ0) is 13.0. The maximum absolute atomic E-state index is 11.3. The summed E-state index contributed by atoms with van der Waals surface area (Å²) in [6.07, 6.45) is 5.42. The number of carbonyl (C=O) groups excluding carboxylic acids is 1. The summed E-state index contributed by atoms with van der Waals surface area (Å²) < 4.78 is 0. The maximum Gasteiger partial charge on any atom is 0.220 e. The first-order valence-electron chi connectivity index (χ1n) is 6.69. The lowest BCUT2D eigenvalue weighted by atomic mass is 9.71. The van der Waals surface area contributed by atoms with Crippen molar-refractivity contribution in [3.05, 3.63) is 35.9 Å². The van der Waals surface area contributed by atoms with Gasteiger partial charge in [0.25, 0.3) is 0 Å². The lowest BCUT2D eigenvalue weighted by Gasteiger charge is -2.38. The number of nitrogens with two attached hydrogens (primary N) is 1. The van der Waals surface area contributed by atoms with Crippen LogP contribution in [0.4, 0.5) is 0 Å². The molecule has 3 N–H and O–H groups in total. The predicted molar refractivity (Wildman–Crippen MR) is 70.7 cm³/mol. The number of amides is 1. The first kappa shape index (κ1) is 13.1. The fourth-order valence-electron chi connectivity index (χ4n) is 3.05. The van der Waals surface area contributed by atoms with Gasteiger partial charge in [0.05, 0.1) is 6.42 Å². The van der Waals surface area contributed by atoms with Gasteiger partial charge in [-0.2, -0.15) is 0 Å². The molecule has 0 radical (unpaired) electrons. The van der Waals surface area contributed by atoms with Gasteiger partial charge in [0.2, 0.25) is 5.91 Å². The summed E-state index contributed by atoms with van der Waals surface area (Å²) in [4.78, 5) is 11.3. The van der Waals surface area contributed by atoms with Gasteiger partial charge in [-0.05, 0) is 24.3 Å². The highest BCUT2D eigenvalue weighted by molar-refractivity contribution is 5.75. The van der Waals surface area contributed by atoms with E-state index in [2.05, 4.69) is 0 Å². The Morgan fingerprint density at radius 1 is 1.22 bits per heavy atom. The minimum atomic E-state index is -1.09. The van der Waals surface area contributed by atoms with Gasteiger partial charge in [-0.25, -0.2) is 0 Å². The zero-order valence-electron chi connectivity index (χ0n) is 10.6.